The molecule has 0 bridgehead atoms. The Hall–Kier alpha value is -1.92. The summed E-state index contributed by atoms with van der Waals surface area (Å²) in [7, 11) is 0. The second-order valence-corrected chi connectivity index (χ2v) is 7.92. The number of aryl methyl sites for hydroxylation is 1. The van der Waals surface area contributed by atoms with E-state index in [1.165, 1.54) is 17.0 Å². The van der Waals surface area contributed by atoms with Gasteiger partial charge in [0.05, 0.1) is 6.54 Å². The van der Waals surface area contributed by atoms with Crippen molar-refractivity contribution in [2.75, 3.05) is 12.4 Å². The smallest absolute Gasteiger partial charge is 0.242 e. The van der Waals surface area contributed by atoms with Gasteiger partial charge in [0.15, 0.2) is 0 Å². The van der Waals surface area contributed by atoms with Gasteiger partial charge in [-0.05, 0) is 55.5 Å². The lowest BCUT2D eigenvalue weighted by molar-refractivity contribution is -0.141. The third-order valence-corrected chi connectivity index (χ3v) is 5.54. The van der Waals surface area contributed by atoms with Crippen LogP contribution in [0.2, 0.25) is 0 Å². The Morgan fingerprint density at radius 1 is 1.11 bits per heavy atom. The first-order chi connectivity index (χ1) is 12.8. The van der Waals surface area contributed by atoms with Gasteiger partial charge in [0.1, 0.15) is 18.2 Å². The maximum Gasteiger partial charge on any atom is 0.242 e. The van der Waals surface area contributed by atoms with E-state index in [4.69, 9.17) is 11.6 Å². The van der Waals surface area contributed by atoms with E-state index < -0.39 is 0 Å². The van der Waals surface area contributed by atoms with Gasteiger partial charge in [-0.2, -0.15) is 0 Å². The molecule has 1 aromatic carbocycles. The topological polar surface area (TPSA) is 40.6 Å². The Morgan fingerprint density at radius 3 is 2.30 bits per heavy atom. The molecular weight excluding hydrogens is 387 g/mol. The third kappa shape index (κ3) is 6.04. The summed E-state index contributed by atoms with van der Waals surface area (Å²) in [4.78, 5) is 29.3. The van der Waals surface area contributed by atoms with E-state index in [-0.39, 0.29) is 36.1 Å². The molecule has 0 aliphatic carbocycles. The molecular formula is C20H24ClFN2O2S. The molecule has 0 saturated heterocycles. The van der Waals surface area contributed by atoms with Crippen molar-refractivity contribution in [1.82, 2.24) is 9.80 Å². The maximum absolute atomic E-state index is 13.2. The van der Waals surface area contributed by atoms with Gasteiger partial charge >= 0.3 is 0 Å². The number of alkyl halides is 1. The highest BCUT2D eigenvalue weighted by Gasteiger charge is 2.23. The van der Waals surface area contributed by atoms with Crippen molar-refractivity contribution in [3.8, 4) is 0 Å². The number of nitrogens with zero attached hydrogens (tertiary/aromatic N) is 2. The first-order valence-electron chi connectivity index (χ1n) is 8.72. The molecule has 146 valence electrons. The standard InChI is InChI=1S/C20H24ClFN2O2S/c1-14(2)24(19(25)10-21)13-20(26)23(12-18-15(3)8-9-27-18)11-16-4-6-17(22)7-5-16/h4-9,14H,10-13H2,1-3H3. The summed E-state index contributed by atoms with van der Waals surface area (Å²) in [6, 6.07) is 7.98. The molecule has 0 atom stereocenters. The molecule has 1 aromatic heterocycles. The minimum atomic E-state index is -0.315. The Labute approximate surface area is 168 Å². The van der Waals surface area contributed by atoms with E-state index in [1.807, 2.05) is 32.2 Å². The molecule has 0 fully saturated rings. The summed E-state index contributed by atoms with van der Waals surface area (Å²) in [5, 5.41) is 1.99. The van der Waals surface area contributed by atoms with E-state index in [9.17, 15) is 14.0 Å². The molecule has 27 heavy (non-hydrogen) atoms. The van der Waals surface area contributed by atoms with Crippen LogP contribution in [0.1, 0.15) is 29.9 Å². The van der Waals surface area contributed by atoms with Crippen molar-refractivity contribution in [1.29, 1.82) is 0 Å². The number of rotatable bonds is 8. The van der Waals surface area contributed by atoms with Gasteiger partial charge in [-0.3, -0.25) is 9.59 Å². The van der Waals surface area contributed by atoms with Gasteiger partial charge < -0.3 is 9.80 Å². The monoisotopic (exact) mass is 410 g/mol. The quantitative estimate of drug-likeness (QED) is 0.612. The van der Waals surface area contributed by atoms with Crippen molar-refractivity contribution in [2.45, 2.75) is 39.9 Å². The number of hydrogen-bond donors (Lipinski definition) is 0. The fraction of sp³-hybridized carbons (Fsp3) is 0.400. The van der Waals surface area contributed by atoms with Gasteiger partial charge in [0.2, 0.25) is 11.8 Å². The molecule has 7 heteroatoms. The molecule has 2 rings (SSSR count). The lowest BCUT2D eigenvalue weighted by Crippen LogP contribution is -2.46. The Morgan fingerprint density at radius 2 is 1.78 bits per heavy atom. The number of halogens is 2. The number of benzene rings is 1. The number of thiophene rings is 1. The zero-order valence-electron chi connectivity index (χ0n) is 15.7. The van der Waals surface area contributed by atoms with Crippen molar-refractivity contribution in [3.05, 3.63) is 57.5 Å². The minimum absolute atomic E-state index is 0.0329. The van der Waals surface area contributed by atoms with Crippen LogP contribution in [0.4, 0.5) is 4.39 Å². The number of hydrogen-bond acceptors (Lipinski definition) is 3. The average molecular weight is 411 g/mol. The number of carbonyl (C=O) groups is 2. The molecule has 0 unspecified atom stereocenters. The molecule has 0 saturated carbocycles. The van der Waals surface area contributed by atoms with Crippen LogP contribution in [0.25, 0.3) is 0 Å². The van der Waals surface area contributed by atoms with E-state index in [0.29, 0.717) is 13.1 Å². The summed E-state index contributed by atoms with van der Waals surface area (Å²) < 4.78 is 13.2. The second kappa shape index (κ2) is 9.85. The zero-order valence-corrected chi connectivity index (χ0v) is 17.3. The molecule has 0 N–H and O–H groups in total. The highest BCUT2D eigenvalue weighted by molar-refractivity contribution is 7.10. The summed E-state index contributed by atoms with van der Waals surface area (Å²) in [5.74, 6) is -0.911. The maximum atomic E-state index is 13.2. The average Bonchev–Trinajstić information content (AvgIpc) is 3.04. The molecule has 0 aliphatic heterocycles. The van der Waals surface area contributed by atoms with E-state index >= 15 is 0 Å². The molecule has 0 aliphatic rings. The van der Waals surface area contributed by atoms with Crippen LogP contribution in [-0.4, -0.2) is 40.1 Å². The van der Waals surface area contributed by atoms with Crippen LogP contribution in [0.5, 0.6) is 0 Å². The number of amides is 2. The van der Waals surface area contributed by atoms with Crippen LogP contribution in [0, 0.1) is 12.7 Å². The van der Waals surface area contributed by atoms with Gasteiger partial charge in [-0.1, -0.05) is 12.1 Å². The lowest BCUT2D eigenvalue weighted by atomic mass is 10.2. The van der Waals surface area contributed by atoms with Gasteiger partial charge in [0, 0.05) is 17.5 Å². The fourth-order valence-electron chi connectivity index (χ4n) is 2.66. The Bertz CT molecular complexity index is 777. The van der Waals surface area contributed by atoms with Crippen LogP contribution in [-0.2, 0) is 22.7 Å². The zero-order chi connectivity index (χ0) is 20.0. The third-order valence-electron chi connectivity index (χ3n) is 4.31. The predicted octanol–water partition coefficient (Wildman–Crippen LogP) is 4.20. The van der Waals surface area contributed by atoms with Crippen LogP contribution < -0.4 is 0 Å². The van der Waals surface area contributed by atoms with Crippen LogP contribution in [0.15, 0.2) is 35.7 Å². The first-order valence-corrected chi connectivity index (χ1v) is 10.1. The van der Waals surface area contributed by atoms with Crippen molar-refractivity contribution < 1.29 is 14.0 Å². The fourth-order valence-corrected chi connectivity index (χ4v) is 3.74. The number of carbonyl (C=O) groups excluding carboxylic acids is 2. The molecule has 2 amide bonds. The SMILES string of the molecule is Cc1ccsc1CN(Cc1ccc(F)cc1)C(=O)CN(C(=O)CCl)C(C)C. The van der Waals surface area contributed by atoms with Gasteiger partial charge in [0.25, 0.3) is 0 Å². The van der Waals surface area contributed by atoms with Crippen molar-refractivity contribution in [2.24, 2.45) is 0 Å². The minimum Gasteiger partial charge on any atom is -0.332 e. The van der Waals surface area contributed by atoms with Crippen LogP contribution in [0.3, 0.4) is 0 Å². The van der Waals surface area contributed by atoms with Crippen LogP contribution >= 0.6 is 22.9 Å². The normalized spacial score (nSPS) is 10.9. The van der Waals surface area contributed by atoms with E-state index in [0.717, 1.165) is 16.0 Å². The van der Waals surface area contributed by atoms with Crippen molar-refractivity contribution >= 4 is 34.8 Å². The second-order valence-electron chi connectivity index (χ2n) is 6.65. The summed E-state index contributed by atoms with van der Waals surface area (Å²) >= 11 is 7.27. The summed E-state index contributed by atoms with van der Waals surface area (Å²) in [6.45, 7) is 6.47. The Kier molecular flexibility index (Phi) is 7.80. The molecule has 2 aromatic rings. The molecule has 0 spiro atoms. The molecule has 0 radical (unpaired) electrons. The van der Waals surface area contributed by atoms with Crippen molar-refractivity contribution in [3.63, 3.8) is 0 Å². The highest BCUT2D eigenvalue weighted by Crippen LogP contribution is 2.20. The Balaban J connectivity index is 2.21. The molecule has 4 nitrogen and oxygen atoms in total. The van der Waals surface area contributed by atoms with Gasteiger partial charge in [-0.25, -0.2) is 4.39 Å². The summed E-state index contributed by atoms with van der Waals surface area (Å²) in [6.07, 6.45) is 0. The molecule has 1 heterocycles. The largest absolute Gasteiger partial charge is 0.332 e. The summed E-state index contributed by atoms with van der Waals surface area (Å²) in [5.41, 5.74) is 1.95. The highest BCUT2D eigenvalue weighted by atomic mass is 35.5. The van der Waals surface area contributed by atoms with E-state index in [1.54, 1.807) is 28.4 Å². The van der Waals surface area contributed by atoms with Gasteiger partial charge in [-0.15, -0.1) is 22.9 Å². The first kappa shape index (κ1) is 21.4. The van der Waals surface area contributed by atoms with E-state index in [2.05, 4.69) is 0 Å². The lowest BCUT2D eigenvalue weighted by Gasteiger charge is -2.29. The predicted molar refractivity (Wildman–Crippen MR) is 107 cm³/mol.